The summed E-state index contributed by atoms with van der Waals surface area (Å²) in [5, 5.41) is 2.52. The Morgan fingerprint density at radius 1 is 0.286 bits per heavy atom. The predicted octanol–water partition coefficient (Wildman–Crippen LogP) is 12.5. The number of pyridine rings is 1. The maximum absolute atomic E-state index is 5.08. The van der Waals surface area contributed by atoms with Gasteiger partial charge in [0.05, 0.1) is 22.4 Å². The van der Waals surface area contributed by atoms with Gasteiger partial charge in [0.25, 0.3) is 0 Å². The Balaban J connectivity index is 1.18. The smallest absolute Gasteiger partial charge is 0.0715 e. The van der Waals surface area contributed by atoms with Crippen LogP contribution in [0.3, 0.4) is 0 Å². The highest BCUT2D eigenvalue weighted by Gasteiger charge is 2.15. The zero-order valence-corrected chi connectivity index (χ0v) is 26.9. The average Bonchev–Trinajstić information content (AvgIpc) is 3.53. The second-order valence-electron chi connectivity index (χ2n) is 12.4. The number of benzene rings is 7. The van der Waals surface area contributed by atoms with Crippen molar-refractivity contribution in [3.63, 3.8) is 0 Å². The van der Waals surface area contributed by atoms with Crippen LogP contribution in [0.5, 0.6) is 0 Å². The van der Waals surface area contributed by atoms with Crippen molar-refractivity contribution < 1.29 is 0 Å². The summed E-state index contributed by atoms with van der Waals surface area (Å²) in [5.41, 5.74) is 14.7. The lowest BCUT2D eigenvalue weighted by atomic mass is 9.95. The van der Waals surface area contributed by atoms with E-state index in [2.05, 4.69) is 187 Å². The van der Waals surface area contributed by atoms with Crippen LogP contribution in [0.4, 0.5) is 0 Å². The molecule has 49 heavy (non-hydrogen) atoms. The van der Waals surface area contributed by atoms with Crippen molar-refractivity contribution in [1.82, 2.24) is 9.55 Å². The quantitative estimate of drug-likeness (QED) is 0.180. The average molecular weight is 625 g/mol. The van der Waals surface area contributed by atoms with Crippen LogP contribution in [0, 0.1) is 0 Å². The third-order valence-electron chi connectivity index (χ3n) is 9.38. The van der Waals surface area contributed by atoms with E-state index >= 15 is 0 Å². The van der Waals surface area contributed by atoms with Gasteiger partial charge in [0.2, 0.25) is 0 Å². The van der Waals surface area contributed by atoms with Gasteiger partial charge in [-0.05, 0) is 75.8 Å². The first kappa shape index (κ1) is 28.7. The number of hydrogen-bond acceptors (Lipinski definition) is 1. The van der Waals surface area contributed by atoms with Crippen LogP contribution in [0.25, 0.3) is 83.4 Å². The molecule has 2 nitrogen and oxygen atoms in total. The number of fused-ring (bicyclic) bond motifs is 3. The monoisotopic (exact) mass is 624 g/mol. The van der Waals surface area contributed by atoms with Gasteiger partial charge in [-0.2, -0.15) is 0 Å². The molecule has 7 aromatic carbocycles. The normalized spacial score (nSPS) is 11.3. The van der Waals surface area contributed by atoms with Gasteiger partial charge in [-0.15, -0.1) is 0 Å². The maximum Gasteiger partial charge on any atom is 0.0715 e. The predicted molar refractivity (Wildman–Crippen MR) is 206 cm³/mol. The van der Waals surface area contributed by atoms with E-state index in [0.717, 1.165) is 39.3 Å². The Morgan fingerprint density at radius 2 is 0.653 bits per heavy atom. The summed E-state index contributed by atoms with van der Waals surface area (Å²) in [6.45, 7) is 0. The fourth-order valence-electron chi connectivity index (χ4n) is 6.97. The van der Waals surface area contributed by atoms with Crippen molar-refractivity contribution in [3.8, 4) is 61.6 Å². The second-order valence-corrected chi connectivity index (χ2v) is 12.4. The van der Waals surface area contributed by atoms with Gasteiger partial charge in [0.1, 0.15) is 0 Å². The number of aromatic nitrogens is 2. The van der Waals surface area contributed by atoms with Crippen LogP contribution < -0.4 is 0 Å². The summed E-state index contributed by atoms with van der Waals surface area (Å²) in [5.74, 6) is 0. The minimum atomic E-state index is 0.965. The van der Waals surface area contributed by atoms with Gasteiger partial charge in [0.15, 0.2) is 0 Å². The molecule has 230 valence electrons. The highest BCUT2D eigenvalue weighted by molar-refractivity contribution is 6.09. The number of rotatable bonds is 6. The molecule has 0 spiro atoms. The van der Waals surface area contributed by atoms with Crippen LogP contribution in [0.2, 0.25) is 0 Å². The largest absolute Gasteiger partial charge is 0.309 e. The van der Waals surface area contributed by atoms with E-state index in [0.29, 0.717) is 0 Å². The second kappa shape index (κ2) is 12.3. The molecular formula is C47H32N2. The number of para-hydroxylation sites is 2. The summed E-state index contributed by atoms with van der Waals surface area (Å²) in [7, 11) is 0. The fourth-order valence-corrected chi connectivity index (χ4v) is 6.97. The molecule has 9 aromatic rings. The Bertz CT molecular complexity index is 2450. The molecule has 0 saturated heterocycles. The lowest BCUT2D eigenvalue weighted by Gasteiger charge is -2.15. The highest BCUT2D eigenvalue weighted by Crippen LogP contribution is 2.37. The van der Waals surface area contributed by atoms with Crippen LogP contribution >= 0.6 is 0 Å². The Morgan fingerprint density at radius 3 is 1.12 bits per heavy atom. The third kappa shape index (κ3) is 5.40. The van der Waals surface area contributed by atoms with Crippen LogP contribution in [0.1, 0.15) is 0 Å². The van der Waals surface area contributed by atoms with E-state index in [4.69, 9.17) is 4.98 Å². The zero-order valence-electron chi connectivity index (χ0n) is 26.9. The van der Waals surface area contributed by atoms with Crippen molar-refractivity contribution in [1.29, 1.82) is 0 Å². The fraction of sp³-hybridized carbons (Fsp3) is 0. The molecule has 0 atom stereocenters. The van der Waals surface area contributed by atoms with Crippen molar-refractivity contribution in [2.45, 2.75) is 0 Å². The van der Waals surface area contributed by atoms with Crippen molar-refractivity contribution in [2.24, 2.45) is 0 Å². The van der Waals surface area contributed by atoms with Gasteiger partial charge in [-0.25, -0.2) is 4.98 Å². The molecule has 0 radical (unpaired) electrons. The lowest BCUT2D eigenvalue weighted by Crippen LogP contribution is -1.96. The summed E-state index contributed by atoms with van der Waals surface area (Å²) in [6, 6.07) is 69.3. The lowest BCUT2D eigenvalue weighted by molar-refractivity contribution is 1.18. The molecule has 0 aliphatic heterocycles. The van der Waals surface area contributed by atoms with E-state index in [1.807, 2.05) is 12.1 Å². The van der Waals surface area contributed by atoms with Crippen molar-refractivity contribution >= 4 is 21.8 Å². The Kier molecular flexibility index (Phi) is 7.18. The molecule has 0 aliphatic carbocycles. The molecule has 0 amide bonds. The maximum atomic E-state index is 5.08. The van der Waals surface area contributed by atoms with Crippen molar-refractivity contribution in [2.75, 3.05) is 0 Å². The highest BCUT2D eigenvalue weighted by atomic mass is 15.0. The molecule has 2 heteroatoms. The topological polar surface area (TPSA) is 17.8 Å². The number of hydrogen-bond donors (Lipinski definition) is 0. The SMILES string of the molecule is c1ccc(-c2cc(-c3ccc(-c4cc(-c5ccccc5)nc(-c5ccccc5)c4)cc3)cc(-n3c4ccccc4c4ccccc43)c2)cc1. The van der Waals surface area contributed by atoms with Gasteiger partial charge in [0, 0.05) is 27.6 Å². The summed E-state index contributed by atoms with van der Waals surface area (Å²) in [6.07, 6.45) is 0. The minimum absolute atomic E-state index is 0.965. The van der Waals surface area contributed by atoms with E-state index in [1.165, 1.54) is 44.1 Å². The third-order valence-corrected chi connectivity index (χ3v) is 9.38. The molecule has 0 unspecified atom stereocenters. The van der Waals surface area contributed by atoms with E-state index in [-0.39, 0.29) is 0 Å². The van der Waals surface area contributed by atoms with Gasteiger partial charge in [-0.1, -0.05) is 152 Å². The first-order valence-corrected chi connectivity index (χ1v) is 16.7. The Hall–Kier alpha value is -6.51. The first-order valence-electron chi connectivity index (χ1n) is 16.7. The van der Waals surface area contributed by atoms with E-state index in [1.54, 1.807) is 0 Å². The van der Waals surface area contributed by atoms with Crippen molar-refractivity contribution in [3.05, 3.63) is 194 Å². The van der Waals surface area contributed by atoms with Crippen LogP contribution in [0.15, 0.2) is 194 Å². The molecule has 0 bridgehead atoms. The zero-order chi connectivity index (χ0) is 32.6. The van der Waals surface area contributed by atoms with E-state index < -0.39 is 0 Å². The van der Waals surface area contributed by atoms with Gasteiger partial charge < -0.3 is 4.57 Å². The van der Waals surface area contributed by atoms with E-state index in [9.17, 15) is 0 Å². The first-order chi connectivity index (χ1) is 24.3. The molecule has 2 heterocycles. The molecular weight excluding hydrogens is 593 g/mol. The van der Waals surface area contributed by atoms with Gasteiger partial charge >= 0.3 is 0 Å². The molecule has 0 fully saturated rings. The summed E-state index contributed by atoms with van der Waals surface area (Å²) < 4.78 is 2.40. The molecule has 0 saturated carbocycles. The van der Waals surface area contributed by atoms with Crippen LogP contribution in [-0.4, -0.2) is 9.55 Å². The molecule has 0 aliphatic rings. The molecule has 9 rings (SSSR count). The standard InChI is InChI=1S/C47H32N2/c1-4-14-33(15-5-1)38-28-39(30-41(29-38)49-46-22-12-10-20-42(46)43-21-11-13-23-47(43)49)34-24-26-35(27-25-34)40-31-44(36-16-6-2-7-17-36)48-45(32-40)37-18-8-3-9-19-37/h1-32H. The summed E-state index contributed by atoms with van der Waals surface area (Å²) in [4.78, 5) is 5.08. The number of nitrogens with zero attached hydrogens (tertiary/aromatic N) is 2. The molecule has 2 aromatic heterocycles. The van der Waals surface area contributed by atoms with Gasteiger partial charge in [-0.3, -0.25) is 0 Å². The van der Waals surface area contributed by atoms with Crippen LogP contribution in [-0.2, 0) is 0 Å². The summed E-state index contributed by atoms with van der Waals surface area (Å²) >= 11 is 0. The Labute approximate surface area is 286 Å². The minimum Gasteiger partial charge on any atom is -0.309 e. The molecule has 0 N–H and O–H groups in total.